The Morgan fingerprint density at radius 1 is 1.07 bits per heavy atom. The van der Waals surface area contributed by atoms with Crippen molar-refractivity contribution in [3.63, 3.8) is 0 Å². The van der Waals surface area contributed by atoms with E-state index >= 15 is 0 Å². The zero-order valence-electron chi connectivity index (χ0n) is 16.8. The SMILES string of the molecule is Cc1ccc(S(=O)(=O)N2CCN(C(=O)CCC3CCNCC3)CC2)cc1C.Cl. The van der Waals surface area contributed by atoms with E-state index in [9.17, 15) is 13.2 Å². The smallest absolute Gasteiger partial charge is 0.243 e. The molecule has 2 fully saturated rings. The van der Waals surface area contributed by atoms with Gasteiger partial charge in [-0.15, -0.1) is 12.4 Å². The summed E-state index contributed by atoms with van der Waals surface area (Å²) in [5.41, 5.74) is 2.06. The Morgan fingerprint density at radius 2 is 1.71 bits per heavy atom. The van der Waals surface area contributed by atoms with Crippen molar-refractivity contribution >= 4 is 28.3 Å². The van der Waals surface area contributed by atoms with E-state index in [-0.39, 0.29) is 18.3 Å². The fourth-order valence-electron chi connectivity index (χ4n) is 3.86. The molecule has 158 valence electrons. The second-order valence-corrected chi connectivity index (χ2v) is 9.70. The van der Waals surface area contributed by atoms with Gasteiger partial charge in [0, 0.05) is 32.6 Å². The Kier molecular flexibility index (Phi) is 8.30. The second-order valence-electron chi connectivity index (χ2n) is 7.76. The maximum atomic E-state index is 12.9. The van der Waals surface area contributed by atoms with Gasteiger partial charge in [-0.05, 0) is 75.4 Å². The number of sulfonamides is 1. The monoisotopic (exact) mass is 429 g/mol. The molecule has 0 radical (unpaired) electrons. The molecule has 2 aliphatic rings. The topological polar surface area (TPSA) is 69.7 Å². The van der Waals surface area contributed by atoms with E-state index in [0.29, 0.717) is 43.4 Å². The molecule has 28 heavy (non-hydrogen) atoms. The van der Waals surface area contributed by atoms with E-state index < -0.39 is 10.0 Å². The van der Waals surface area contributed by atoms with E-state index in [4.69, 9.17) is 0 Å². The maximum absolute atomic E-state index is 12.9. The number of carbonyl (C=O) groups is 1. The van der Waals surface area contributed by atoms with Crippen LogP contribution in [0, 0.1) is 19.8 Å². The number of nitrogens with one attached hydrogen (secondary N) is 1. The molecule has 6 nitrogen and oxygen atoms in total. The van der Waals surface area contributed by atoms with Gasteiger partial charge < -0.3 is 10.2 Å². The van der Waals surface area contributed by atoms with Crippen molar-refractivity contribution in [3.05, 3.63) is 29.3 Å². The molecule has 0 unspecified atom stereocenters. The summed E-state index contributed by atoms with van der Waals surface area (Å²) in [4.78, 5) is 14.7. The van der Waals surface area contributed by atoms with Gasteiger partial charge in [-0.2, -0.15) is 4.31 Å². The molecule has 1 N–H and O–H groups in total. The Balaban J connectivity index is 0.00000280. The summed E-state index contributed by atoms with van der Waals surface area (Å²) in [5.74, 6) is 0.804. The lowest BCUT2D eigenvalue weighted by Gasteiger charge is -2.34. The highest BCUT2D eigenvalue weighted by Gasteiger charge is 2.30. The molecule has 0 bridgehead atoms. The van der Waals surface area contributed by atoms with Crippen LogP contribution in [0.1, 0.15) is 36.8 Å². The summed E-state index contributed by atoms with van der Waals surface area (Å²) in [6.45, 7) is 7.70. The third-order valence-electron chi connectivity index (χ3n) is 5.93. The first-order chi connectivity index (χ1) is 12.9. The van der Waals surface area contributed by atoms with Crippen molar-refractivity contribution < 1.29 is 13.2 Å². The minimum Gasteiger partial charge on any atom is -0.340 e. The zero-order valence-corrected chi connectivity index (χ0v) is 18.4. The number of piperazine rings is 1. The largest absolute Gasteiger partial charge is 0.340 e. The number of halogens is 1. The number of rotatable bonds is 5. The molecule has 0 atom stereocenters. The molecule has 8 heteroatoms. The standard InChI is InChI=1S/C20H31N3O3S.ClH/c1-16-3-5-19(15-17(16)2)27(25,26)23-13-11-22(12-14-23)20(24)6-4-18-7-9-21-10-8-18;/h3,5,15,18,21H,4,6-14H2,1-2H3;1H. The highest BCUT2D eigenvalue weighted by molar-refractivity contribution is 7.89. The molecule has 2 aliphatic heterocycles. The number of hydrogen-bond acceptors (Lipinski definition) is 4. The highest BCUT2D eigenvalue weighted by Crippen LogP contribution is 2.22. The van der Waals surface area contributed by atoms with Gasteiger partial charge in [0.2, 0.25) is 15.9 Å². The van der Waals surface area contributed by atoms with E-state index in [1.165, 1.54) is 4.31 Å². The van der Waals surface area contributed by atoms with Crippen LogP contribution in [0.25, 0.3) is 0 Å². The lowest BCUT2D eigenvalue weighted by atomic mass is 9.93. The van der Waals surface area contributed by atoms with Gasteiger partial charge in [0.15, 0.2) is 0 Å². The first-order valence-corrected chi connectivity index (χ1v) is 11.4. The molecule has 1 aromatic carbocycles. The summed E-state index contributed by atoms with van der Waals surface area (Å²) < 4.78 is 27.3. The minimum absolute atomic E-state index is 0. The van der Waals surface area contributed by atoms with E-state index in [2.05, 4.69) is 5.32 Å². The summed E-state index contributed by atoms with van der Waals surface area (Å²) in [6, 6.07) is 5.26. The highest BCUT2D eigenvalue weighted by atomic mass is 35.5. The number of nitrogens with zero attached hydrogens (tertiary/aromatic N) is 2. The molecule has 0 saturated carbocycles. The molecule has 0 aromatic heterocycles. The molecule has 0 aliphatic carbocycles. The van der Waals surface area contributed by atoms with Crippen LogP contribution in [-0.4, -0.2) is 62.8 Å². The van der Waals surface area contributed by atoms with E-state index in [0.717, 1.165) is 43.5 Å². The van der Waals surface area contributed by atoms with Crippen molar-refractivity contribution in [3.8, 4) is 0 Å². The number of aryl methyl sites for hydroxylation is 2. The first-order valence-electron chi connectivity index (χ1n) is 9.94. The molecular weight excluding hydrogens is 398 g/mol. The van der Waals surface area contributed by atoms with Crippen LogP contribution in [0.2, 0.25) is 0 Å². The van der Waals surface area contributed by atoms with Gasteiger partial charge in [0.25, 0.3) is 0 Å². The first kappa shape index (κ1) is 23.1. The van der Waals surface area contributed by atoms with Crippen LogP contribution >= 0.6 is 12.4 Å². The lowest BCUT2D eigenvalue weighted by Crippen LogP contribution is -2.50. The van der Waals surface area contributed by atoms with Gasteiger partial charge in [0.05, 0.1) is 4.90 Å². The Morgan fingerprint density at radius 3 is 2.32 bits per heavy atom. The predicted octanol–water partition coefficient (Wildman–Crippen LogP) is 2.34. The van der Waals surface area contributed by atoms with Gasteiger partial charge >= 0.3 is 0 Å². The molecule has 0 spiro atoms. The Labute approximate surface area is 175 Å². The lowest BCUT2D eigenvalue weighted by molar-refractivity contribution is -0.132. The number of benzene rings is 1. The molecule has 1 amide bonds. The predicted molar refractivity (Wildman–Crippen MR) is 113 cm³/mol. The second kappa shape index (κ2) is 10.1. The molecular formula is C20H32ClN3O3S. The zero-order chi connectivity index (χ0) is 19.4. The Bertz CT molecular complexity index is 771. The number of piperidine rings is 1. The van der Waals surface area contributed by atoms with E-state index in [1.807, 2.05) is 24.8 Å². The Hall–Kier alpha value is -1.15. The van der Waals surface area contributed by atoms with Crippen molar-refractivity contribution in [2.75, 3.05) is 39.3 Å². The summed E-state index contributed by atoms with van der Waals surface area (Å²) >= 11 is 0. The van der Waals surface area contributed by atoms with Crippen LogP contribution in [0.3, 0.4) is 0 Å². The fraction of sp³-hybridized carbons (Fsp3) is 0.650. The summed E-state index contributed by atoms with van der Waals surface area (Å²) in [7, 11) is -3.49. The van der Waals surface area contributed by atoms with Crippen molar-refractivity contribution in [1.29, 1.82) is 0 Å². The number of carbonyl (C=O) groups excluding carboxylic acids is 1. The quantitative estimate of drug-likeness (QED) is 0.779. The third kappa shape index (κ3) is 5.47. The number of hydrogen-bond donors (Lipinski definition) is 1. The van der Waals surface area contributed by atoms with Crippen LogP contribution < -0.4 is 5.32 Å². The fourth-order valence-corrected chi connectivity index (χ4v) is 5.37. The van der Waals surface area contributed by atoms with Gasteiger partial charge in [0.1, 0.15) is 0 Å². The average molecular weight is 430 g/mol. The number of amides is 1. The van der Waals surface area contributed by atoms with Crippen LogP contribution in [0.4, 0.5) is 0 Å². The summed E-state index contributed by atoms with van der Waals surface area (Å²) in [6.07, 6.45) is 3.82. The van der Waals surface area contributed by atoms with Crippen molar-refractivity contribution in [2.24, 2.45) is 5.92 Å². The van der Waals surface area contributed by atoms with Crippen LogP contribution in [0.5, 0.6) is 0 Å². The average Bonchev–Trinajstić information content (AvgIpc) is 2.69. The van der Waals surface area contributed by atoms with Gasteiger partial charge in [-0.25, -0.2) is 8.42 Å². The normalized spacial score (nSPS) is 19.3. The molecule has 2 saturated heterocycles. The molecule has 2 heterocycles. The summed E-state index contributed by atoms with van der Waals surface area (Å²) in [5, 5.41) is 3.35. The van der Waals surface area contributed by atoms with Crippen molar-refractivity contribution in [2.45, 2.75) is 44.4 Å². The maximum Gasteiger partial charge on any atom is 0.243 e. The minimum atomic E-state index is -3.49. The molecule has 3 rings (SSSR count). The van der Waals surface area contributed by atoms with Crippen LogP contribution in [-0.2, 0) is 14.8 Å². The van der Waals surface area contributed by atoms with Crippen LogP contribution in [0.15, 0.2) is 23.1 Å². The van der Waals surface area contributed by atoms with Gasteiger partial charge in [-0.1, -0.05) is 6.07 Å². The van der Waals surface area contributed by atoms with Gasteiger partial charge in [-0.3, -0.25) is 4.79 Å². The van der Waals surface area contributed by atoms with E-state index in [1.54, 1.807) is 12.1 Å². The van der Waals surface area contributed by atoms with Crippen molar-refractivity contribution in [1.82, 2.24) is 14.5 Å². The third-order valence-corrected chi connectivity index (χ3v) is 7.83. The molecule has 1 aromatic rings.